The Hall–Kier alpha value is -1.10. The van der Waals surface area contributed by atoms with Gasteiger partial charge in [-0.15, -0.1) is 0 Å². The number of carboxylic acid groups (broad SMARTS) is 1. The van der Waals surface area contributed by atoms with Gasteiger partial charge in [-0.2, -0.15) is 9.28 Å². The van der Waals surface area contributed by atoms with E-state index < -0.39 is 6.09 Å². The van der Waals surface area contributed by atoms with E-state index in [0.717, 1.165) is 70.5 Å². The van der Waals surface area contributed by atoms with Gasteiger partial charge >= 0.3 is 12.1 Å². The average Bonchev–Trinajstić information content (AvgIpc) is 3.21. The Morgan fingerprint density at radius 3 is 0.895 bits per heavy atom. The molecule has 0 heterocycles. The van der Waals surface area contributed by atoms with Crippen LogP contribution in [0.25, 0.3) is 0 Å². The van der Waals surface area contributed by atoms with E-state index >= 15 is 0 Å². The molecule has 0 fully saturated rings. The Kier molecular flexibility index (Phi) is 43.6. The molecule has 0 radical (unpaired) electrons. The number of nitrogens with zero attached hydrogens (tertiary/aromatic N) is 3. The van der Waals surface area contributed by atoms with Crippen LogP contribution < -0.4 is 0 Å². The van der Waals surface area contributed by atoms with Gasteiger partial charge in [-0.05, 0) is 44.9 Å². The number of amides is 1. The molecule has 0 rings (SSSR count). The van der Waals surface area contributed by atoms with Crippen molar-refractivity contribution in [1.29, 1.82) is 0 Å². The van der Waals surface area contributed by atoms with Gasteiger partial charge in [-0.1, -0.05) is 247 Å². The van der Waals surface area contributed by atoms with Crippen molar-refractivity contribution in [3.63, 3.8) is 0 Å². The zero-order chi connectivity index (χ0) is 41.8. The molecule has 1 amide bonds. The zero-order valence-corrected chi connectivity index (χ0v) is 40.0. The number of hydrogen-bond donors (Lipinski definition) is 1. The summed E-state index contributed by atoms with van der Waals surface area (Å²) < 4.78 is 0.0662. The van der Waals surface area contributed by atoms with E-state index in [1.807, 2.05) is 0 Å². The molecule has 0 aromatic carbocycles. The number of hydrogen-bond acceptors (Lipinski definition) is 2. The second kappa shape index (κ2) is 44.5. The Balaban J connectivity index is 6.27. The first-order chi connectivity index (χ1) is 28.0. The third-order valence-electron chi connectivity index (χ3n) is 12.6. The van der Waals surface area contributed by atoms with Gasteiger partial charge in [0, 0.05) is 19.6 Å². The fraction of sp³-hybridized carbons (Fsp3) is 0.962. The molecule has 0 spiro atoms. The van der Waals surface area contributed by atoms with E-state index in [-0.39, 0.29) is 4.48 Å². The summed E-state index contributed by atoms with van der Waals surface area (Å²) in [5, 5.41) is 11.5. The molecule has 0 atom stereocenters. The standard InChI is InChI=1S/C52H105N3O2/c1-6-11-16-21-26-31-36-41-46-53-51(54(47-42-37-32-27-22-17-12-7-2)48-43-38-33-28-23-18-13-8-3)55(52(56)57,49-44-39-34-29-24-19-14-9-4)50-45-40-35-30-25-20-15-10-5/h6-50H2,1-5H3/p+1. The molecule has 0 aromatic heterocycles. The van der Waals surface area contributed by atoms with E-state index in [0.29, 0.717) is 13.1 Å². The zero-order valence-electron chi connectivity index (χ0n) is 40.0. The summed E-state index contributed by atoms with van der Waals surface area (Å²) in [4.78, 5) is 22.0. The predicted octanol–water partition coefficient (Wildman–Crippen LogP) is 17.8. The molecule has 5 heteroatoms. The van der Waals surface area contributed by atoms with Gasteiger partial charge < -0.3 is 10.0 Å². The number of rotatable bonds is 45. The molecule has 0 aliphatic carbocycles. The number of carbonyl (C=O) groups is 1. The van der Waals surface area contributed by atoms with Crippen molar-refractivity contribution in [2.45, 2.75) is 291 Å². The molecule has 0 aliphatic heterocycles. The fourth-order valence-electron chi connectivity index (χ4n) is 8.74. The normalized spacial score (nSPS) is 12.2. The van der Waals surface area contributed by atoms with Gasteiger partial charge in [-0.25, -0.2) is 4.99 Å². The van der Waals surface area contributed by atoms with Gasteiger partial charge in [0.15, 0.2) is 0 Å². The molecule has 0 saturated carbocycles. The summed E-state index contributed by atoms with van der Waals surface area (Å²) in [6.07, 6.45) is 50.3. The smallest absolute Gasteiger partial charge is 0.435 e. The summed E-state index contributed by atoms with van der Waals surface area (Å²) >= 11 is 0. The lowest BCUT2D eigenvalue weighted by Crippen LogP contribution is -2.63. The molecule has 0 saturated heterocycles. The molecule has 0 aliphatic rings. The van der Waals surface area contributed by atoms with Crippen LogP contribution in [0.4, 0.5) is 4.79 Å². The van der Waals surface area contributed by atoms with Crippen molar-refractivity contribution in [3.8, 4) is 0 Å². The van der Waals surface area contributed by atoms with Crippen molar-refractivity contribution >= 4 is 12.1 Å². The summed E-state index contributed by atoms with van der Waals surface area (Å²) in [5.41, 5.74) is 0. The van der Waals surface area contributed by atoms with Crippen molar-refractivity contribution in [2.24, 2.45) is 4.99 Å². The van der Waals surface area contributed by atoms with Gasteiger partial charge in [-0.3, -0.25) is 0 Å². The maximum Gasteiger partial charge on any atom is 0.521 e. The van der Waals surface area contributed by atoms with E-state index in [4.69, 9.17) is 4.99 Å². The van der Waals surface area contributed by atoms with Crippen LogP contribution in [0, 0.1) is 0 Å². The minimum absolute atomic E-state index is 0.0662. The van der Waals surface area contributed by atoms with Crippen molar-refractivity contribution in [3.05, 3.63) is 0 Å². The summed E-state index contributed by atoms with van der Waals surface area (Å²) in [7, 11) is 0. The quantitative estimate of drug-likeness (QED) is 0.0289. The van der Waals surface area contributed by atoms with Crippen LogP contribution in [0.15, 0.2) is 4.99 Å². The lowest BCUT2D eigenvalue weighted by molar-refractivity contribution is -0.774. The highest BCUT2D eigenvalue weighted by Gasteiger charge is 2.45. The number of guanidine groups is 1. The maximum absolute atomic E-state index is 14.0. The second-order valence-corrected chi connectivity index (χ2v) is 18.2. The predicted molar refractivity (Wildman–Crippen MR) is 255 cm³/mol. The number of quaternary nitrogens is 1. The van der Waals surface area contributed by atoms with Crippen LogP contribution in [0.1, 0.15) is 291 Å². The van der Waals surface area contributed by atoms with Crippen molar-refractivity contribution < 1.29 is 14.4 Å². The Morgan fingerprint density at radius 1 is 0.368 bits per heavy atom. The van der Waals surface area contributed by atoms with E-state index in [1.54, 1.807) is 0 Å². The van der Waals surface area contributed by atoms with E-state index in [1.165, 1.54) is 212 Å². The Morgan fingerprint density at radius 2 is 0.614 bits per heavy atom. The molecular formula is C52H106N3O2+. The number of unbranched alkanes of at least 4 members (excludes halogenated alkanes) is 35. The summed E-state index contributed by atoms with van der Waals surface area (Å²) in [5.74, 6) is 0.933. The highest BCUT2D eigenvalue weighted by molar-refractivity contribution is 5.83. The first-order valence-electron chi connectivity index (χ1n) is 26.4. The topological polar surface area (TPSA) is 52.9 Å². The molecule has 5 nitrogen and oxygen atoms in total. The molecule has 0 unspecified atom stereocenters. The molecular weight excluding hydrogens is 699 g/mol. The monoisotopic (exact) mass is 805 g/mol. The highest BCUT2D eigenvalue weighted by atomic mass is 16.4. The van der Waals surface area contributed by atoms with Gasteiger partial charge in [0.25, 0.3) is 0 Å². The average molecular weight is 805 g/mol. The largest absolute Gasteiger partial charge is 0.521 e. The molecule has 1 N–H and O–H groups in total. The van der Waals surface area contributed by atoms with Crippen LogP contribution >= 0.6 is 0 Å². The van der Waals surface area contributed by atoms with Crippen LogP contribution in [0.3, 0.4) is 0 Å². The SMILES string of the molecule is CCCCCCCCCCN=C(N(CCCCCCCCCC)CCCCCCCCCC)[N+](CCCCCCCCCC)(CCCCCCCCCC)C(=O)O. The minimum atomic E-state index is -0.646. The summed E-state index contributed by atoms with van der Waals surface area (Å²) in [6, 6.07) is 0. The lowest BCUT2D eigenvalue weighted by Gasteiger charge is -2.38. The molecule has 57 heavy (non-hydrogen) atoms. The third kappa shape index (κ3) is 33.3. The Labute approximate surface area is 359 Å². The van der Waals surface area contributed by atoms with Gasteiger partial charge in [0.2, 0.25) is 0 Å². The van der Waals surface area contributed by atoms with Gasteiger partial charge in [0.05, 0.1) is 13.1 Å². The van der Waals surface area contributed by atoms with Crippen LogP contribution in [0.2, 0.25) is 0 Å². The van der Waals surface area contributed by atoms with Crippen molar-refractivity contribution in [2.75, 3.05) is 32.7 Å². The van der Waals surface area contributed by atoms with Crippen molar-refractivity contribution in [1.82, 2.24) is 4.90 Å². The molecule has 0 aromatic rings. The van der Waals surface area contributed by atoms with Crippen LogP contribution in [0.5, 0.6) is 0 Å². The van der Waals surface area contributed by atoms with Crippen LogP contribution in [-0.2, 0) is 0 Å². The first kappa shape index (κ1) is 55.9. The second-order valence-electron chi connectivity index (χ2n) is 18.2. The molecule has 0 bridgehead atoms. The maximum atomic E-state index is 14.0. The number of aliphatic imine (C=N–C) groups is 1. The van der Waals surface area contributed by atoms with Gasteiger partial charge in [0.1, 0.15) is 0 Å². The third-order valence-corrected chi connectivity index (χ3v) is 12.6. The minimum Gasteiger partial charge on any atom is -0.435 e. The Bertz CT molecular complexity index is 805. The summed E-state index contributed by atoms with van der Waals surface area (Å²) in [6.45, 7) is 15.6. The molecule has 340 valence electrons. The lowest BCUT2D eigenvalue weighted by atomic mass is 10.1. The first-order valence-corrected chi connectivity index (χ1v) is 26.4. The van der Waals surface area contributed by atoms with Crippen LogP contribution in [-0.4, -0.2) is 59.3 Å². The highest BCUT2D eigenvalue weighted by Crippen LogP contribution is 2.23. The fourth-order valence-corrected chi connectivity index (χ4v) is 8.74. The van der Waals surface area contributed by atoms with E-state index in [2.05, 4.69) is 39.5 Å². The van der Waals surface area contributed by atoms with E-state index in [9.17, 15) is 9.90 Å².